The molecule has 1 heterocycles. The van der Waals surface area contributed by atoms with Crippen LogP contribution in [0, 0.1) is 5.41 Å². The largest absolute Gasteiger partial charge is 0.338 e. The van der Waals surface area contributed by atoms with Crippen molar-refractivity contribution in [3.63, 3.8) is 0 Å². The van der Waals surface area contributed by atoms with E-state index in [4.69, 9.17) is 21.9 Å². The predicted octanol–water partition coefficient (Wildman–Crippen LogP) is 3.36. The Morgan fingerprint density at radius 2 is 1.89 bits per heavy atom. The van der Waals surface area contributed by atoms with Crippen molar-refractivity contribution >= 4 is 11.6 Å². The van der Waals surface area contributed by atoms with E-state index in [1.807, 2.05) is 45.0 Å². The van der Waals surface area contributed by atoms with Crippen molar-refractivity contribution in [2.45, 2.75) is 33.2 Å². The molecule has 1 aromatic heterocycles. The Hall–Kier alpha value is -1.39. The van der Waals surface area contributed by atoms with Crippen LogP contribution in [-0.4, -0.2) is 10.1 Å². The van der Waals surface area contributed by atoms with Crippen LogP contribution in [0.2, 0.25) is 5.02 Å². The van der Waals surface area contributed by atoms with Gasteiger partial charge in [-0.05, 0) is 23.1 Å². The third-order valence-corrected chi connectivity index (χ3v) is 3.21. The lowest BCUT2D eigenvalue weighted by Crippen LogP contribution is -2.26. The third-order valence-electron chi connectivity index (χ3n) is 2.96. The molecule has 102 valence electrons. The molecule has 4 nitrogen and oxygen atoms in total. The lowest BCUT2D eigenvalue weighted by Gasteiger charge is -2.23. The molecule has 0 saturated carbocycles. The highest BCUT2D eigenvalue weighted by molar-refractivity contribution is 6.30. The summed E-state index contributed by atoms with van der Waals surface area (Å²) in [5, 5.41) is 4.68. The molecule has 0 saturated heterocycles. The van der Waals surface area contributed by atoms with Gasteiger partial charge in [-0.1, -0.05) is 49.7 Å². The Kier molecular flexibility index (Phi) is 3.92. The fourth-order valence-electron chi connectivity index (χ4n) is 1.62. The molecule has 1 aromatic carbocycles. The number of nitrogens with two attached hydrogens (primary N) is 1. The number of halogens is 1. The molecule has 0 spiro atoms. The molecule has 19 heavy (non-hydrogen) atoms. The molecule has 0 fully saturated rings. The lowest BCUT2D eigenvalue weighted by atomic mass is 9.87. The molecule has 0 radical (unpaired) electrons. The van der Waals surface area contributed by atoms with Crippen LogP contribution in [0.15, 0.2) is 28.8 Å². The normalized spacial score (nSPS) is 13.5. The summed E-state index contributed by atoms with van der Waals surface area (Å²) in [6, 6.07) is 7.32. The minimum absolute atomic E-state index is 0.107. The molecule has 5 heteroatoms. The molecule has 2 N–H and O–H groups in total. The van der Waals surface area contributed by atoms with E-state index < -0.39 is 0 Å². The second-order valence-electron chi connectivity index (χ2n) is 5.70. The summed E-state index contributed by atoms with van der Waals surface area (Å²) in [6.07, 6.45) is 0.609. The first kappa shape index (κ1) is 14.0. The quantitative estimate of drug-likeness (QED) is 0.936. The molecule has 1 atom stereocenters. The first-order chi connectivity index (χ1) is 8.86. The highest BCUT2D eigenvalue weighted by Gasteiger charge is 2.27. The molecule has 0 aliphatic carbocycles. The number of aromatic nitrogens is 2. The molecule has 0 aliphatic heterocycles. The molecule has 0 aliphatic rings. The van der Waals surface area contributed by atoms with Crippen molar-refractivity contribution in [1.82, 2.24) is 10.1 Å². The van der Waals surface area contributed by atoms with Gasteiger partial charge in [-0.15, -0.1) is 0 Å². The van der Waals surface area contributed by atoms with Gasteiger partial charge in [0.1, 0.15) is 0 Å². The van der Waals surface area contributed by atoms with Gasteiger partial charge in [-0.3, -0.25) is 0 Å². The van der Waals surface area contributed by atoms with Crippen LogP contribution < -0.4 is 5.73 Å². The Bertz CT molecular complexity index is 543. The van der Waals surface area contributed by atoms with Gasteiger partial charge < -0.3 is 10.3 Å². The highest BCUT2D eigenvalue weighted by atomic mass is 35.5. The van der Waals surface area contributed by atoms with Crippen molar-refractivity contribution in [2.75, 3.05) is 0 Å². The lowest BCUT2D eigenvalue weighted by molar-refractivity contribution is 0.252. The second kappa shape index (κ2) is 5.31. The van der Waals surface area contributed by atoms with E-state index >= 15 is 0 Å². The number of hydrogen-bond donors (Lipinski definition) is 1. The van der Waals surface area contributed by atoms with Crippen LogP contribution in [0.1, 0.15) is 44.1 Å². The topological polar surface area (TPSA) is 64.9 Å². The van der Waals surface area contributed by atoms with E-state index in [-0.39, 0.29) is 11.5 Å². The Labute approximate surface area is 118 Å². The number of rotatable bonds is 3. The van der Waals surface area contributed by atoms with Crippen molar-refractivity contribution in [3.8, 4) is 0 Å². The molecule has 2 rings (SSSR count). The van der Waals surface area contributed by atoms with E-state index in [1.54, 1.807) is 0 Å². The first-order valence-corrected chi connectivity index (χ1v) is 6.56. The first-order valence-electron chi connectivity index (χ1n) is 6.19. The summed E-state index contributed by atoms with van der Waals surface area (Å²) < 4.78 is 5.24. The van der Waals surface area contributed by atoms with E-state index in [0.29, 0.717) is 23.2 Å². The van der Waals surface area contributed by atoms with Crippen molar-refractivity contribution in [1.29, 1.82) is 0 Å². The van der Waals surface area contributed by atoms with Gasteiger partial charge in [0.05, 0.1) is 6.04 Å². The van der Waals surface area contributed by atoms with Gasteiger partial charge in [0.2, 0.25) is 5.89 Å². The standard InChI is InChI=1S/C14H18ClN3O/c1-14(2,3)12(16)13-17-11(18-19-13)8-9-4-6-10(15)7-5-9/h4-7,12H,8,16H2,1-3H3/t12-/m1/s1. The maximum Gasteiger partial charge on any atom is 0.244 e. The van der Waals surface area contributed by atoms with Gasteiger partial charge in [-0.2, -0.15) is 4.98 Å². The minimum atomic E-state index is -0.265. The van der Waals surface area contributed by atoms with Crippen LogP contribution in [0.25, 0.3) is 0 Å². The van der Waals surface area contributed by atoms with Crippen molar-refractivity contribution in [2.24, 2.45) is 11.1 Å². The van der Waals surface area contributed by atoms with Gasteiger partial charge >= 0.3 is 0 Å². The fraction of sp³-hybridized carbons (Fsp3) is 0.429. The molecule has 0 unspecified atom stereocenters. The van der Waals surface area contributed by atoms with Crippen LogP contribution in [0.4, 0.5) is 0 Å². The average molecular weight is 280 g/mol. The van der Waals surface area contributed by atoms with E-state index in [0.717, 1.165) is 5.56 Å². The zero-order chi connectivity index (χ0) is 14.0. The molecular formula is C14H18ClN3O. The summed E-state index contributed by atoms with van der Waals surface area (Å²) in [5.74, 6) is 1.12. The molecule has 2 aromatic rings. The van der Waals surface area contributed by atoms with Gasteiger partial charge in [0.15, 0.2) is 5.82 Å². The summed E-state index contributed by atoms with van der Waals surface area (Å²) >= 11 is 5.84. The monoisotopic (exact) mass is 279 g/mol. The number of hydrogen-bond acceptors (Lipinski definition) is 4. The third kappa shape index (κ3) is 3.55. The summed E-state index contributed by atoms with van der Waals surface area (Å²) in [7, 11) is 0. The van der Waals surface area contributed by atoms with Gasteiger partial charge in [0, 0.05) is 11.4 Å². The Morgan fingerprint density at radius 3 is 2.47 bits per heavy atom. The maximum absolute atomic E-state index is 6.08. The zero-order valence-electron chi connectivity index (χ0n) is 11.4. The van der Waals surface area contributed by atoms with Crippen LogP contribution in [0.3, 0.4) is 0 Å². The molecule has 0 amide bonds. The molecule has 0 bridgehead atoms. The van der Waals surface area contributed by atoms with Crippen LogP contribution in [-0.2, 0) is 6.42 Å². The van der Waals surface area contributed by atoms with Crippen molar-refractivity contribution in [3.05, 3.63) is 46.6 Å². The predicted molar refractivity (Wildman–Crippen MR) is 74.9 cm³/mol. The summed E-state index contributed by atoms with van der Waals surface area (Å²) in [5.41, 5.74) is 7.06. The number of nitrogens with zero attached hydrogens (tertiary/aromatic N) is 2. The maximum atomic E-state index is 6.08. The number of benzene rings is 1. The average Bonchev–Trinajstić information content (AvgIpc) is 2.78. The summed E-state index contributed by atoms with van der Waals surface area (Å²) in [6.45, 7) is 6.13. The Balaban J connectivity index is 2.11. The van der Waals surface area contributed by atoms with E-state index in [9.17, 15) is 0 Å². The van der Waals surface area contributed by atoms with Gasteiger partial charge in [-0.25, -0.2) is 0 Å². The fourth-order valence-corrected chi connectivity index (χ4v) is 1.75. The SMILES string of the molecule is CC(C)(C)[C@H](N)c1nc(Cc2ccc(Cl)cc2)no1. The van der Waals surface area contributed by atoms with Crippen LogP contribution in [0.5, 0.6) is 0 Å². The van der Waals surface area contributed by atoms with E-state index in [1.165, 1.54) is 0 Å². The minimum Gasteiger partial charge on any atom is -0.338 e. The van der Waals surface area contributed by atoms with Crippen LogP contribution >= 0.6 is 11.6 Å². The highest BCUT2D eigenvalue weighted by Crippen LogP contribution is 2.29. The smallest absolute Gasteiger partial charge is 0.244 e. The molecular weight excluding hydrogens is 262 g/mol. The Morgan fingerprint density at radius 1 is 1.26 bits per heavy atom. The van der Waals surface area contributed by atoms with Gasteiger partial charge in [0.25, 0.3) is 0 Å². The summed E-state index contributed by atoms with van der Waals surface area (Å²) in [4.78, 5) is 4.36. The second-order valence-corrected chi connectivity index (χ2v) is 6.13. The zero-order valence-corrected chi connectivity index (χ0v) is 12.1. The van der Waals surface area contributed by atoms with E-state index in [2.05, 4.69) is 10.1 Å². The van der Waals surface area contributed by atoms with Crippen molar-refractivity contribution < 1.29 is 4.52 Å².